The van der Waals surface area contributed by atoms with Gasteiger partial charge in [-0.15, -0.1) is 0 Å². The molecule has 4 heterocycles. The first-order chi connectivity index (χ1) is 34.7. The molecule has 2 aromatic heterocycles. The zero-order valence-corrected chi connectivity index (χ0v) is 45.5. The van der Waals surface area contributed by atoms with Crippen LogP contribution >= 0.6 is 22.6 Å². The minimum atomic E-state index is -1.46. The van der Waals surface area contributed by atoms with Gasteiger partial charge in [-0.05, 0) is 69.2 Å². The third kappa shape index (κ3) is 15.8. The summed E-state index contributed by atoms with van der Waals surface area (Å²) in [5, 5.41) is 36.0. The van der Waals surface area contributed by atoms with Crippen molar-refractivity contribution in [2.24, 2.45) is 11.8 Å². The van der Waals surface area contributed by atoms with E-state index in [4.69, 9.17) is 9.47 Å². The summed E-state index contributed by atoms with van der Waals surface area (Å²) in [6.45, 7) is 12.2. The van der Waals surface area contributed by atoms with Gasteiger partial charge in [-0.2, -0.15) is 0 Å². The summed E-state index contributed by atoms with van der Waals surface area (Å²) in [6, 6.07) is 5.39. The number of halogens is 1. The number of likely N-dealkylation sites (N-methyl/N-ethyl adjacent to an activating group) is 1. The molecule has 9 atom stereocenters. The quantitative estimate of drug-likeness (QED) is 0.0231. The van der Waals surface area contributed by atoms with Crippen molar-refractivity contribution in [2.45, 2.75) is 172 Å². The Balaban J connectivity index is 1.02. The summed E-state index contributed by atoms with van der Waals surface area (Å²) in [4.78, 5) is 106. The van der Waals surface area contributed by atoms with Gasteiger partial charge in [0.1, 0.15) is 49.3 Å². The number of aromatic nitrogens is 3. The first-order valence-electron chi connectivity index (χ1n) is 25.5. The molecule has 2 fully saturated rings. The summed E-state index contributed by atoms with van der Waals surface area (Å²) in [7, 11) is 1.37. The fourth-order valence-electron chi connectivity index (χ4n) is 9.08. The molecule has 0 saturated carbocycles. The zero-order valence-electron chi connectivity index (χ0n) is 43.3. The molecule has 0 aliphatic carbocycles. The third-order valence-electron chi connectivity index (χ3n) is 13.5. The van der Waals surface area contributed by atoms with Gasteiger partial charge in [-0.1, -0.05) is 101 Å². The Morgan fingerprint density at radius 3 is 2.34 bits per heavy atom. The first-order valence-corrected chi connectivity index (χ1v) is 26.6. The summed E-state index contributed by atoms with van der Waals surface area (Å²) >= 11 is 2.30. The fourth-order valence-corrected chi connectivity index (χ4v) is 10.1. The molecule has 5 rings (SSSR count). The molecule has 1 aromatic carbocycles. The van der Waals surface area contributed by atoms with Crippen molar-refractivity contribution in [3.63, 3.8) is 0 Å². The van der Waals surface area contributed by atoms with Crippen LogP contribution in [0.25, 0.3) is 11.0 Å². The molecule has 2 aliphatic heterocycles. The standard InChI is InChI=1S/C51H75IN10O11/c1-9-12-13-14-15-16-34-24-36-42(56-34)45(54-28-53-36)60-48-44(67)43(66)41(31(7)73-48)59-38(64)26-61(8)50(71)72-27-32-17-19-33(20-18-32)57-46(68)30(6)55-47(69)40(29(4)5)58-37(63)21-23-62-39(65)25-35(49(62)70)51(52,11-3)22-10-2/h17-20,24,28-31,35,40-41,43-44,48,56,66-67H,9-16,21-23,25-27H2,1-8H3,(H,55,69)(H,57,68)(H,58,63)(H,59,64)(H,53,54,60)/t30-,31-,35?,40-,41-,43+,44+,48-,51?/m0/s1. The molecular formula is C51H75IN10O11. The number of amides is 7. The molecule has 2 aliphatic rings. The number of carbonyl (C=O) groups is 7. The molecular weight excluding hydrogens is 1060 g/mol. The predicted molar refractivity (Wildman–Crippen MR) is 282 cm³/mol. The van der Waals surface area contributed by atoms with Gasteiger partial charge in [-0.3, -0.25) is 33.7 Å². The number of unbranched alkanes of at least 4 members (excludes halogenated alkanes) is 4. The fraction of sp³-hybridized carbons (Fsp3) is 0.627. The lowest BCUT2D eigenvalue weighted by atomic mass is 9.85. The van der Waals surface area contributed by atoms with Crippen LogP contribution in [0.1, 0.15) is 124 Å². The average Bonchev–Trinajstić information content (AvgIpc) is 3.91. The van der Waals surface area contributed by atoms with Crippen molar-refractivity contribution >= 4 is 86.7 Å². The van der Waals surface area contributed by atoms with E-state index in [1.165, 1.54) is 39.6 Å². The van der Waals surface area contributed by atoms with Gasteiger partial charge in [0, 0.05) is 41.2 Å². The smallest absolute Gasteiger partial charge is 0.410 e. The number of imide groups is 1. The largest absolute Gasteiger partial charge is 0.445 e. The number of fused-ring (bicyclic) bond motifs is 1. The van der Waals surface area contributed by atoms with Crippen LogP contribution in [0.2, 0.25) is 0 Å². The highest BCUT2D eigenvalue weighted by Gasteiger charge is 2.49. The minimum Gasteiger partial charge on any atom is -0.445 e. The van der Waals surface area contributed by atoms with E-state index in [0.717, 1.165) is 54.0 Å². The molecule has 8 N–H and O–H groups in total. The van der Waals surface area contributed by atoms with Gasteiger partial charge in [0.15, 0.2) is 12.0 Å². The number of ether oxygens (including phenoxy) is 2. The number of nitrogens with zero attached hydrogens (tertiary/aromatic N) is 4. The number of aromatic amines is 1. The maximum absolute atomic E-state index is 13.3. The van der Waals surface area contributed by atoms with E-state index in [1.807, 2.05) is 19.9 Å². The Morgan fingerprint density at radius 1 is 0.959 bits per heavy atom. The molecule has 402 valence electrons. The average molecular weight is 1130 g/mol. The number of carbonyl (C=O) groups excluding carboxylic acids is 7. The SMILES string of the molecule is CCCCCCCc1cc2ncnc(N[C@H]3O[C@@H](C)[C@H](NC(=O)CN(C)C(=O)OCc4ccc(NC(=O)[C@H](C)NC(=O)[C@@H](NC(=O)CCN5C(=O)CC(C(I)(CC)CCC)C5=O)C(C)C)cc4)[C@@H](O)[C@H]3O)c2[nH]1. The van der Waals surface area contributed by atoms with Crippen LogP contribution in [0, 0.1) is 11.8 Å². The van der Waals surface area contributed by atoms with Crippen LogP contribution in [-0.4, -0.2) is 143 Å². The Kier molecular flexibility index (Phi) is 21.8. The van der Waals surface area contributed by atoms with E-state index in [1.54, 1.807) is 45.0 Å². The minimum absolute atomic E-state index is 0.0911. The van der Waals surface area contributed by atoms with Crippen LogP contribution in [0.15, 0.2) is 36.7 Å². The summed E-state index contributed by atoms with van der Waals surface area (Å²) in [5.41, 5.74) is 3.33. The van der Waals surface area contributed by atoms with Gasteiger partial charge in [0.2, 0.25) is 35.4 Å². The van der Waals surface area contributed by atoms with Crippen LogP contribution in [0.4, 0.5) is 16.3 Å². The lowest BCUT2D eigenvalue weighted by Gasteiger charge is -2.42. The summed E-state index contributed by atoms with van der Waals surface area (Å²) in [5.74, 6) is -3.23. The maximum Gasteiger partial charge on any atom is 0.410 e. The third-order valence-corrected chi connectivity index (χ3v) is 15.6. The van der Waals surface area contributed by atoms with Gasteiger partial charge in [0.05, 0.1) is 23.6 Å². The van der Waals surface area contributed by atoms with Crippen molar-refractivity contribution in [3.05, 3.63) is 47.9 Å². The summed E-state index contributed by atoms with van der Waals surface area (Å²) < 4.78 is 11.1. The van der Waals surface area contributed by atoms with E-state index in [-0.39, 0.29) is 47.1 Å². The number of aliphatic hydroxyl groups is 2. The number of alkyl halides is 1. The first kappa shape index (κ1) is 58.4. The Morgan fingerprint density at radius 2 is 1.67 bits per heavy atom. The molecule has 21 nitrogen and oxygen atoms in total. The van der Waals surface area contributed by atoms with Gasteiger partial charge < -0.3 is 56.2 Å². The monoisotopic (exact) mass is 1130 g/mol. The molecule has 22 heteroatoms. The predicted octanol–water partition coefficient (Wildman–Crippen LogP) is 4.84. The Labute approximate surface area is 441 Å². The topological polar surface area (TPSA) is 287 Å². The number of hydrogen-bond acceptors (Lipinski definition) is 14. The number of H-pyrrole nitrogens is 1. The number of anilines is 2. The molecule has 2 saturated heterocycles. The van der Waals surface area contributed by atoms with Gasteiger partial charge in [0.25, 0.3) is 0 Å². The van der Waals surface area contributed by atoms with Crippen molar-refractivity contribution in [1.82, 2.24) is 40.7 Å². The lowest BCUT2D eigenvalue weighted by molar-refractivity contribution is -0.172. The highest BCUT2D eigenvalue weighted by Crippen LogP contribution is 2.42. The Hall–Kier alpha value is -5.46. The second kappa shape index (κ2) is 27.2. The number of hydrogen-bond donors (Lipinski definition) is 8. The van der Waals surface area contributed by atoms with E-state index >= 15 is 0 Å². The van der Waals surface area contributed by atoms with Crippen LogP contribution in [0.5, 0.6) is 0 Å². The van der Waals surface area contributed by atoms with E-state index in [9.17, 15) is 43.8 Å². The number of aryl methyl sites for hydroxylation is 1. The lowest BCUT2D eigenvalue weighted by Crippen LogP contribution is -2.64. The molecule has 0 bridgehead atoms. The number of rotatable bonds is 26. The van der Waals surface area contributed by atoms with E-state index in [2.05, 4.69) is 71.1 Å². The van der Waals surface area contributed by atoms with Gasteiger partial charge in [-0.25, -0.2) is 14.8 Å². The van der Waals surface area contributed by atoms with Crippen molar-refractivity contribution < 1.29 is 53.2 Å². The van der Waals surface area contributed by atoms with Crippen LogP contribution < -0.4 is 26.6 Å². The Bertz CT molecular complexity index is 2390. The normalized spacial score (nSPS) is 21.6. The van der Waals surface area contributed by atoms with E-state index < -0.39 is 84.8 Å². The number of aliphatic hydroxyl groups excluding tert-OH is 2. The summed E-state index contributed by atoms with van der Waals surface area (Å²) in [6.07, 6.45) is 4.85. The number of likely N-dealkylation sites (tertiary alicyclic amines) is 1. The van der Waals surface area contributed by atoms with Crippen LogP contribution in [0.3, 0.4) is 0 Å². The second-order valence-electron chi connectivity index (χ2n) is 19.6. The number of benzene rings is 1. The van der Waals surface area contributed by atoms with Crippen molar-refractivity contribution in [2.75, 3.05) is 30.8 Å². The van der Waals surface area contributed by atoms with E-state index in [0.29, 0.717) is 28.1 Å². The molecule has 3 aromatic rings. The number of nitrogens with one attached hydrogen (secondary N) is 6. The maximum atomic E-state index is 13.3. The molecule has 73 heavy (non-hydrogen) atoms. The molecule has 7 amide bonds. The van der Waals surface area contributed by atoms with Crippen molar-refractivity contribution in [3.8, 4) is 0 Å². The molecule has 0 spiro atoms. The molecule has 2 unspecified atom stereocenters. The highest BCUT2D eigenvalue weighted by molar-refractivity contribution is 14.1. The van der Waals surface area contributed by atoms with Crippen molar-refractivity contribution in [1.29, 1.82) is 0 Å². The van der Waals surface area contributed by atoms with Crippen LogP contribution in [-0.2, 0) is 51.3 Å². The highest BCUT2D eigenvalue weighted by atomic mass is 127. The molecule has 0 radical (unpaired) electrons. The zero-order chi connectivity index (χ0) is 53.6. The van der Waals surface area contributed by atoms with Gasteiger partial charge >= 0.3 is 6.09 Å². The second-order valence-corrected chi connectivity index (χ2v) is 21.7.